The number of nitrogens with two attached hydrogens (primary N) is 1. The average molecular weight is 295 g/mol. The second-order valence-electron chi connectivity index (χ2n) is 3.99. The number of thiazole rings is 1. The lowest BCUT2D eigenvalue weighted by atomic mass is 10.2. The molecular weight excluding hydrogens is 278 g/mol. The largest absolute Gasteiger partial charge is 0.464 e. The lowest BCUT2D eigenvalue weighted by Crippen LogP contribution is -2.16. The fraction of sp³-hybridized carbons (Fsp3) is 0.455. The van der Waals surface area contributed by atoms with Gasteiger partial charge in [-0.25, -0.2) is 10.8 Å². The van der Waals surface area contributed by atoms with E-state index in [1.807, 2.05) is 12.3 Å². The zero-order valence-electron chi connectivity index (χ0n) is 11.3. The molecule has 9 heteroatoms. The molecular formula is C11H17N7OS. The zero-order valence-corrected chi connectivity index (χ0v) is 12.1. The molecule has 20 heavy (non-hydrogen) atoms. The summed E-state index contributed by atoms with van der Waals surface area (Å²) in [4.78, 5) is 16.5. The van der Waals surface area contributed by atoms with Crippen molar-refractivity contribution in [1.29, 1.82) is 0 Å². The molecule has 1 atom stereocenters. The Kier molecular flexibility index (Phi) is 5.02. The van der Waals surface area contributed by atoms with Crippen LogP contribution >= 0.6 is 11.3 Å². The van der Waals surface area contributed by atoms with Gasteiger partial charge < -0.3 is 10.1 Å². The summed E-state index contributed by atoms with van der Waals surface area (Å²) in [5, 5.41) is 6.16. The van der Waals surface area contributed by atoms with Gasteiger partial charge in [-0.2, -0.15) is 15.0 Å². The molecule has 0 fully saturated rings. The van der Waals surface area contributed by atoms with Gasteiger partial charge in [-0.05, 0) is 6.92 Å². The molecule has 8 nitrogen and oxygen atoms in total. The first-order chi connectivity index (χ1) is 9.72. The average Bonchev–Trinajstić information content (AvgIpc) is 2.99. The van der Waals surface area contributed by atoms with Gasteiger partial charge in [-0.3, -0.25) is 5.43 Å². The SMILES string of the molecule is CCOc1nc(NN)nc(NCC(C)c2nccs2)n1. The number of hydrazine groups is 1. The molecule has 1 unspecified atom stereocenters. The van der Waals surface area contributed by atoms with Gasteiger partial charge in [-0.15, -0.1) is 11.3 Å². The molecule has 0 amide bonds. The number of ether oxygens (including phenoxy) is 1. The molecule has 0 bridgehead atoms. The van der Waals surface area contributed by atoms with Crippen molar-refractivity contribution >= 4 is 23.2 Å². The van der Waals surface area contributed by atoms with E-state index in [0.717, 1.165) is 5.01 Å². The Hall–Kier alpha value is -2.00. The Bertz CT molecular complexity index is 534. The van der Waals surface area contributed by atoms with E-state index in [2.05, 4.69) is 37.6 Å². The van der Waals surface area contributed by atoms with Gasteiger partial charge in [-0.1, -0.05) is 6.92 Å². The van der Waals surface area contributed by atoms with E-state index in [4.69, 9.17) is 10.6 Å². The number of nitrogen functional groups attached to an aromatic ring is 1. The van der Waals surface area contributed by atoms with Crippen molar-refractivity contribution in [1.82, 2.24) is 19.9 Å². The summed E-state index contributed by atoms with van der Waals surface area (Å²) >= 11 is 1.62. The van der Waals surface area contributed by atoms with Gasteiger partial charge >= 0.3 is 6.01 Å². The number of rotatable bonds is 7. The van der Waals surface area contributed by atoms with Crippen LogP contribution in [0.5, 0.6) is 6.01 Å². The van der Waals surface area contributed by atoms with Crippen LogP contribution in [0.4, 0.5) is 11.9 Å². The zero-order chi connectivity index (χ0) is 14.4. The molecule has 0 aliphatic heterocycles. The van der Waals surface area contributed by atoms with Crippen LogP contribution in [0, 0.1) is 0 Å². The van der Waals surface area contributed by atoms with Crippen molar-refractivity contribution in [3.05, 3.63) is 16.6 Å². The van der Waals surface area contributed by atoms with E-state index in [-0.39, 0.29) is 17.9 Å². The third kappa shape index (κ3) is 3.75. The Labute approximate surface area is 120 Å². The summed E-state index contributed by atoms with van der Waals surface area (Å²) in [7, 11) is 0. The third-order valence-corrected chi connectivity index (χ3v) is 3.46. The van der Waals surface area contributed by atoms with E-state index in [1.54, 1.807) is 17.5 Å². The first-order valence-electron chi connectivity index (χ1n) is 6.21. The van der Waals surface area contributed by atoms with Crippen molar-refractivity contribution < 1.29 is 4.74 Å². The number of nitrogens with zero attached hydrogens (tertiary/aromatic N) is 4. The van der Waals surface area contributed by atoms with Crippen molar-refractivity contribution in [2.75, 3.05) is 23.9 Å². The van der Waals surface area contributed by atoms with Gasteiger partial charge in [0.25, 0.3) is 0 Å². The van der Waals surface area contributed by atoms with E-state index in [0.29, 0.717) is 19.1 Å². The summed E-state index contributed by atoms with van der Waals surface area (Å²) in [6.07, 6.45) is 1.79. The fourth-order valence-electron chi connectivity index (χ4n) is 1.50. The molecule has 0 aliphatic carbocycles. The molecule has 2 heterocycles. The highest BCUT2D eigenvalue weighted by atomic mass is 32.1. The number of anilines is 2. The molecule has 2 aromatic heterocycles. The summed E-state index contributed by atoms with van der Waals surface area (Å²) < 4.78 is 5.26. The predicted molar refractivity (Wildman–Crippen MR) is 77.8 cm³/mol. The van der Waals surface area contributed by atoms with E-state index < -0.39 is 0 Å². The van der Waals surface area contributed by atoms with Gasteiger partial charge in [0.05, 0.1) is 11.6 Å². The highest BCUT2D eigenvalue weighted by Crippen LogP contribution is 2.18. The number of hydrogen-bond acceptors (Lipinski definition) is 9. The van der Waals surface area contributed by atoms with Crippen LogP contribution in [0.3, 0.4) is 0 Å². The monoisotopic (exact) mass is 295 g/mol. The maximum Gasteiger partial charge on any atom is 0.323 e. The maximum atomic E-state index is 5.32. The highest BCUT2D eigenvalue weighted by molar-refractivity contribution is 7.09. The van der Waals surface area contributed by atoms with Gasteiger partial charge in [0, 0.05) is 24.0 Å². The van der Waals surface area contributed by atoms with E-state index >= 15 is 0 Å². The smallest absolute Gasteiger partial charge is 0.323 e. The topological polar surface area (TPSA) is 111 Å². The molecule has 4 N–H and O–H groups in total. The first-order valence-corrected chi connectivity index (χ1v) is 7.09. The van der Waals surface area contributed by atoms with Crippen molar-refractivity contribution in [3.63, 3.8) is 0 Å². The van der Waals surface area contributed by atoms with E-state index in [9.17, 15) is 0 Å². The second kappa shape index (κ2) is 6.96. The molecule has 0 saturated heterocycles. The van der Waals surface area contributed by atoms with Crippen LogP contribution in [-0.2, 0) is 0 Å². The number of nitrogens with one attached hydrogen (secondary N) is 2. The van der Waals surface area contributed by atoms with Gasteiger partial charge in [0.15, 0.2) is 0 Å². The standard InChI is InChI=1S/C11H17N7OS/c1-3-19-11-16-9(15-10(17-11)18-12)14-6-7(2)8-13-4-5-20-8/h4-5,7H,3,6,12H2,1-2H3,(H2,14,15,16,17,18). The maximum absolute atomic E-state index is 5.32. The normalized spacial score (nSPS) is 11.9. The summed E-state index contributed by atoms with van der Waals surface area (Å²) in [6, 6.07) is 0.236. The second-order valence-corrected chi connectivity index (χ2v) is 4.92. The van der Waals surface area contributed by atoms with Gasteiger partial charge in [0.2, 0.25) is 11.9 Å². The van der Waals surface area contributed by atoms with Crippen LogP contribution < -0.4 is 21.3 Å². The Balaban J connectivity index is 2.02. The quantitative estimate of drug-likeness (QED) is 0.516. The summed E-state index contributed by atoms with van der Waals surface area (Å²) in [5.41, 5.74) is 2.39. The molecule has 2 aromatic rings. The summed E-state index contributed by atoms with van der Waals surface area (Å²) in [6.45, 7) is 5.08. The highest BCUT2D eigenvalue weighted by Gasteiger charge is 2.10. The number of hydrogen-bond donors (Lipinski definition) is 3. The Morgan fingerprint density at radius 2 is 2.15 bits per heavy atom. The first kappa shape index (κ1) is 14.4. The van der Waals surface area contributed by atoms with Crippen molar-refractivity contribution in [2.45, 2.75) is 19.8 Å². The van der Waals surface area contributed by atoms with Crippen LogP contribution in [-0.4, -0.2) is 33.1 Å². The van der Waals surface area contributed by atoms with Gasteiger partial charge in [0.1, 0.15) is 0 Å². The Morgan fingerprint density at radius 1 is 1.35 bits per heavy atom. The van der Waals surface area contributed by atoms with Crippen molar-refractivity contribution in [2.24, 2.45) is 5.84 Å². The molecule has 0 saturated carbocycles. The minimum atomic E-state index is 0.236. The van der Waals surface area contributed by atoms with Crippen molar-refractivity contribution in [3.8, 4) is 6.01 Å². The van der Waals surface area contributed by atoms with Crippen LogP contribution in [0.15, 0.2) is 11.6 Å². The summed E-state index contributed by atoms with van der Waals surface area (Å²) in [5.74, 6) is 6.26. The molecule has 0 aromatic carbocycles. The Morgan fingerprint density at radius 3 is 2.80 bits per heavy atom. The fourth-order valence-corrected chi connectivity index (χ4v) is 2.20. The third-order valence-electron chi connectivity index (χ3n) is 2.46. The van der Waals surface area contributed by atoms with Crippen LogP contribution in [0.25, 0.3) is 0 Å². The molecule has 0 spiro atoms. The molecule has 108 valence electrons. The van der Waals surface area contributed by atoms with Crippen LogP contribution in [0.2, 0.25) is 0 Å². The lowest BCUT2D eigenvalue weighted by Gasteiger charge is -2.11. The minimum Gasteiger partial charge on any atom is -0.464 e. The number of aromatic nitrogens is 4. The minimum absolute atomic E-state index is 0.236. The molecule has 2 rings (SSSR count). The lowest BCUT2D eigenvalue weighted by molar-refractivity contribution is 0.312. The molecule has 0 radical (unpaired) electrons. The molecule has 0 aliphatic rings. The predicted octanol–water partition coefficient (Wildman–Crippen LogP) is 1.23. The van der Waals surface area contributed by atoms with E-state index in [1.165, 1.54) is 0 Å². The van der Waals surface area contributed by atoms with Crippen LogP contribution in [0.1, 0.15) is 24.8 Å².